The van der Waals surface area contributed by atoms with Crippen LogP contribution in [0.25, 0.3) is 0 Å². The smallest absolute Gasteiger partial charge is 0.251 e. The molecule has 0 bridgehead atoms. The van der Waals surface area contributed by atoms with Crippen molar-refractivity contribution in [3.63, 3.8) is 0 Å². The van der Waals surface area contributed by atoms with Crippen LogP contribution in [-0.4, -0.2) is 83.7 Å². The van der Waals surface area contributed by atoms with Crippen LogP contribution in [0.4, 0.5) is 0 Å². The summed E-state index contributed by atoms with van der Waals surface area (Å²) in [6.45, 7) is 0. The standard InChI is InChI=1S/C10H20N2O4S2/c1-11(2)9(15)7(13)5-17-18-6-8(14)10(16)12(3)4/h7-8,13-14H,5-6H2,1-4H3. The molecule has 0 aromatic rings. The zero-order valence-electron chi connectivity index (χ0n) is 11.0. The fourth-order valence-electron chi connectivity index (χ4n) is 0.964. The van der Waals surface area contributed by atoms with Crippen LogP contribution in [0.5, 0.6) is 0 Å². The average Bonchev–Trinajstić information content (AvgIpc) is 2.31. The highest BCUT2D eigenvalue weighted by Crippen LogP contribution is 2.23. The summed E-state index contributed by atoms with van der Waals surface area (Å²) in [7, 11) is 8.80. The molecule has 0 fully saturated rings. The highest BCUT2D eigenvalue weighted by atomic mass is 33.1. The summed E-state index contributed by atoms with van der Waals surface area (Å²) in [5.74, 6) is -0.254. The number of amides is 2. The maximum absolute atomic E-state index is 11.3. The molecule has 6 nitrogen and oxygen atoms in total. The normalized spacial score (nSPS) is 13.9. The molecule has 2 atom stereocenters. The van der Waals surface area contributed by atoms with Crippen molar-refractivity contribution in [2.75, 3.05) is 39.7 Å². The third kappa shape index (κ3) is 6.48. The Morgan fingerprint density at radius 3 is 1.39 bits per heavy atom. The van der Waals surface area contributed by atoms with Gasteiger partial charge in [-0.05, 0) is 0 Å². The van der Waals surface area contributed by atoms with Crippen molar-refractivity contribution < 1.29 is 19.8 Å². The Balaban J connectivity index is 3.80. The van der Waals surface area contributed by atoms with Crippen LogP contribution in [0.1, 0.15) is 0 Å². The first kappa shape index (κ1) is 17.6. The molecule has 0 rings (SSSR count). The Hall–Kier alpha value is -0.440. The Morgan fingerprint density at radius 1 is 0.889 bits per heavy atom. The highest BCUT2D eigenvalue weighted by molar-refractivity contribution is 8.76. The van der Waals surface area contributed by atoms with Gasteiger partial charge in [0.05, 0.1) is 0 Å². The fraction of sp³-hybridized carbons (Fsp3) is 0.800. The lowest BCUT2D eigenvalue weighted by atomic mass is 10.4. The number of carbonyl (C=O) groups is 2. The Labute approximate surface area is 115 Å². The van der Waals surface area contributed by atoms with Crippen LogP contribution in [0.15, 0.2) is 0 Å². The molecule has 0 radical (unpaired) electrons. The molecule has 0 heterocycles. The van der Waals surface area contributed by atoms with Gasteiger partial charge in [0.15, 0.2) is 0 Å². The largest absolute Gasteiger partial charge is 0.382 e. The third-order valence-corrected chi connectivity index (χ3v) is 4.37. The molecule has 2 unspecified atom stereocenters. The number of hydrogen-bond acceptors (Lipinski definition) is 6. The van der Waals surface area contributed by atoms with E-state index in [2.05, 4.69) is 0 Å². The average molecular weight is 296 g/mol. The molecule has 0 aromatic heterocycles. The van der Waals surface area contributed by atoms with Crippen LogP contribution >= 0.6 is 21.6 Å². The first-order valence-electron chi connectivity index (χ1n) is 5.30. The van der Waals surface area contributed by atoms with Gasteiger partial charge < -0.3 is 20.0 Å². The van der Waals surface area contributed by atoms with Crippen LogP contribution < -0.4 is 0 Å². The monoisotopic (exact) mass is 296 g/mol. The van der Waals surface area contributed by atoms with Crippen molar-refractivity contribution in [3.05, 3.63) is 0 Å². The molecule has 0 aliphatic carbocycles. The van der Waals surface area contributed by atoms with E-state index in [-0.39, 0.29) is 23.3 Å². The van der Waals surface area contributed by atoms with E-state index in [1.165, 1.54) is 31.4 Å². The molecular formula is C10H20N2O4S2. The Bertz CT molecular complexity index is 259. The minimum absolute atomic E-state index is 0.227. The fourth-order valence-corrected chi connectivity index (χ4v) is 3.05. The second-order valence-corrected chi connectivity index (χ2v) is 6.62. The van der Waals surface area contributed by atoms with Gasteiger partial charge in [0, 0.05) is 39.7 Å². The quantitative estimate of drug-likeness (QED) is 0.476. The van der Waals surface area contributed by atoms with Crippen molar-refractivity contribution in [1.82, 2.24) is 9.80 Å². The lowest BCUT2D eigenvalue weighted by molar-refractivity contribution is -0.136. The van der Waals surface area contributed by atoms with Crippen molar-refractivity contribution in [2.24, 2.45) is 0 Å². The van der Waals surface area contributed by atoms with Gasteiger partial charge in [-0.1, -0.05) is 21.6 Å². The van der Waals surface area contributed by atoms with E-state index in [0.29, 0.717) is 0 Å². The zero-order valence-corrected chi connectivity index (χ0v) is 12.6. The number of likely N-dealkylation sites (N-methyl/N-ethyl adjacent to an activating group) is 2. The van der Waals surface area contributed by atoms with Gasteiger partial charge in [0.25, 0.3) is 11.8 Å². The molecule has 2 amide bonds. The van der Waals surface area contributed by atoms with Crippen molar-refractivity contribution in [3.8, 4) is 0 Å². The van der Waals surface area contributed by atoms with E-state index in [4.69, 9.17) is 0 Å². The minimum atomic E-state index is -1.06. The molecule has 106 valence electrons. The summed E-state index contributed by atoms with van der Waals surface area (Å²) >= 11 is 0. The maximum Gasteiger partial charge on any atom is 0.251 e. The minimum Gasteiger partial charge on any atom is -0.382 e. The van der Waals surface area contributed by atoms with Crippen molar-refractivity contribution in [1.29, 1.82) is 0 Å². The molecule has 2 N–H and O–H groups in total. The van der Waals surface area contributed by atoms with Crippen molar-refractivity contribution >= 4 is 33.4 Å². The number of hydrogen-bond donors (Lipinski definition) is 2. The van der Waals surface area contributed by atoms with Gasteiger partial charge in [-0.15, -0.1) is 0 Å². The first-order valence-corrected chi connectivity index (χ1v) is 7.79. The molecular weight excluding hydrogens is 276 g/mol. The maximum atomic E-state index is 11.3. The molecule has 0 aliphatic heterocycles. The van der Waals surface area contributed by atoms with Gasteiger partial charge >= 0.3 is 0 Å². The lowest BCUT2D eigenvalue weighted by Crippen LogP contribution is -2.35. The summed E-state index contributed by atoms with van der Waals surface area (Å²) in [5.41, 5.74) is 0. The number of nitrogens with zero attached hydrogens (tertiary/aromatic N) is 2. The van der Waals surface area contributed by atoms with Crippen molar-refractivity contribution in [2.45, 2.75) is 12.2 Å². The van der Waals surface area contributed by atoms with Gasteiger partial charge in [0.1, 0.15) is 12.2 Å². The van der Waals surface area contributed by atoms with E-state index >= 15 is 0 Å². The third-order valence-electron chi connectivity index (χ3n) is 1.99. The van der Waals surface area contributed by atoms with Crippen LogP contribution in [0, 0.1) is 0 Å². The van der Waals surface area contributed by atoms with Crippen LogP contribution in [0.3, 0.4) is 0 Å². The van der Waals surface area contributed by atoms with E-state index in [0.717, 1.165) is 0 Å². The van der Waals surface area contributed by atoms with E-state index < -0.39 is 12.2 Å². The molecule has 0 saturated heterocycles. The summed E-state index contributed by atoms with van der Waals surface area (Å²) < 4.78 is 0. The van der Waals surface area contributed by atoms with E-state index in [1.54, 1.807) is 28.2 Å². The molecule has 0 aliphatic rings. The predicted octanol–water partition coefficient (Wildman–Crippen LogP) is -0.734. The van der Waals surface area contributed by atoms with E-state index in [1.807, 2.05) is 0 Å². The SMILES string of the molecule is CN(C)C(=O)C(O)CSSCC(O)C(=O)N(C)C. The molecule has 0 aromatic carbocycles. The predicted molar refractivity (Wildman–Crippen MR) is 74.3 cm³/mol. The molecule has 0 saturated carbocycles. The summed E-state index contributed by atoms with van der Waals surface area (Å²) in [4.78, 5) is 25.3. The molecule has 18 heavy (non-hydrogen) atoms. The Kier molecular flexibility index (Phi) is 8.41. The summed E-state index contributed by atoms with van der Waals surface area (Å²) in [5, 5.41) is 19.0. The zero-order chi connectivity index (χ0) is 14.3. The van der Waals surface area contributed by atoms with Crippen LogP contribution in [-0.2, 0) is 9.59 Å². The lowest BCUT2D eigenvalue weighted by Gasteiger charge is -2.16. The number of carbonyl (C=O) groups excluding carboxylic acids is 2. The first-order chi connectivity index (χ1) is 8.27. The topological polar surface area (TPSA) is 81.1 Å². The van der Waals surface area contributed by atoms with Gasteiger partial charge in [-0.3, -0.25) is 9.59 Å². The number of aliphatic hydroxyl groups is 2. The number of aliphatic hydroxyl groups excluding tert-OH is 2. The summed E-state index contributed by atoms with van der Waals surface area (Å²) in [6, 6.07) is 0. The van der Waals surface area contributed by atoms with Gasteiger partial charge in [-0.2, -0.15) is 0 Å². The van der Waals surface area contributed by atoms with E-state index in [9.17, 15) is 19.8 Å². The second kappa shape index (κ2) is 8.63. The summed E-state index contributed by atoms with van der Waals surface area (Å²) in [6.07, 6.45) is -2.11. The Morgan fingerprint density at radius 2 is 1.17 bits per heavy atom. The highest BCUT2D eigenvalue weighted by Gasteiger charge is 2.19. The number of rotatable bonds is 7. The van der Waals surface area contributed by atoms with Gasteiger partial charge in [0.2, 0.25) is 0 Å². The molecule has 0 spiro atoms. The van der Waals surface area contributed by atoms with Crippen LogP contribution in [0.2, 0.25) is 0 Å². The molecule has 8 heteroatoms. The van der Waals surface area contributed by atoms with Gasteiger partial charge in [-0.25, -0.2) is 0 Å². The second-order valence-electron chi connectivity index (χ2n) is 4.07.